The van der Waals surface area contributed by atoms with Crippen LogP contribution in [0.3, 0.4) is 0 Å². The minimum atomic E-state index is 0.0370. The van der Waals surface area contributed by atoms with Gasteiger partial charge < -0.3 is 0 Å². The molecule has 30 valence electrons. The molecule has 0 aromatic carbocycles. The molecule has 0 saturated carbocycles. The van der Waals surface area contributed by atoms with Crippen LogP contribution in [-0.2, 0) is 11.8 Å². The van der Waals surface area contributed by atoms with Crippen molar-refractivity contribution >= 4 is 19.3 Å². The van der Waals surface area contributed by atoms with Gasteiger partial charge in [0.15, 0.2) is 0 Å². The van der Waals surface area contributed by atoms with E-state index in [2.05, 4.69) is 22.2 Å². The lowest BCUT2D eigenvalue weighted by Crippen LogP contribution is -1.49. The van der Waals surface area contributed by atoms with Crippen molar-refractivity contribution in [3.05, 3.63) is 0 Å². The summed E-state index contributed by atoms with van der Waals surface area (Å²) in [6, 6.07) is 0. The van der Waals surface area contributed by atoms with Crippen molar-refractivity contribution in [1.29, 1.82) is 0 Å². The van der Waals surface area contributed by atoms with E-state index >= 15 is 0 Å². The first-order valence-corrected chi connectivity index (χ1v) is 3.59. The summed E-state index contributed by atoms with van der Waals surface area (Å²) < 4.78 is 1.77. The number of hydrogen-bond acceptors (Lipinski definition) is 1. The van der Waals surface area contributed by atoms with E-state index in [4.69, 9.17) is 0 Å². The van der Waals surface area contributed by atoms with Gasteiger partial charge in [-0.1, -0.05) is 11.8 Å². The molecular weight excluding hydrogens is 105 g/mol. The summed E-state index contributed by atoms with van der Waals surface area (Å²) in [7, 11) is 0.0370. The van der Waals surface area contributed by atoms with Gasteiger partial charge in [0, 0.05) is 0 Å². The lowest BCUT2D eigenvalue weighted by Gasteiger charge is -1.57. The molecule has 1 rings (SSSR count). The Kier molecular flexibility index (Phi) is 0.669. The third-order valence-electron chi connectivity index (χ3n) is 0.346. The standard InChI is InChI=1S/H4N3PS/c5-4-3-1-2-3/h1-2H,4H2. The maximum Gasteiger partial charge on any atom is 0.0564 e. The van der Waals surface area contributed by atoms with E-state index in [1.807, 2.05) is 0 Å². The van der Waals surface area contributed by atoms with Crippen LogP contribution in [0.25, 0.3) is 0 Å². The Bertz CT molecular complexity index is 93.8. The minimum Gasteiger partial charge on any atom is -0.206 e. The van der Waals surface area contributed by atoms with Crippen LogP contribution in [0.15, 0.2) is 0 Å². The van der Waals surface area contributed by atoms with Gasteiger partial charge in [0.1, 0.15) is 0 Å². The van der Waals surface area contributed by atoms with Gasteiger partial charge in [-0.05, 0) is 0 Å². The molecule has 1 aromatic heterocycles. The fourth-order valence-corrected chi connectivity index (χ4v) is 0.561. The summed E-state index contributed by atoms with van der Waals surface area (Å²) in [6.45, 7) is 0. The first-order valence-electron chi connectivity index (χ1n) is 1.19. The van der Waals surface area contributed by atoms with Crippen molar-refractivity contribution < 1.29 is 0 Å². The molecule has 0 aliphatic carbocycles. The second-order valence-electron chi connectivity index (χ2n) is 0.699. The first-order chi connectivity index (χ1) is 2.43. The molecule has 1 unspecified atom stereocenters. The number of hydrogen-bond donors (Lipinski definition) is 2. The monoisotopic (exact) mass is 109 g/mol. The molecule has 0 bridgehead atoms. The first kappa shape index (κ1) is 3.25. The average Bonchev–Trinajstić information content (AvgIpc) is 2.12. The van der Waals surface area contributed by atoms with Gasteiger partial charge in [0.2, 0.25) is 0 Å². The average molecular weight is 109 g/mol. The predicted molar refractivity (Wildman–Crippen MR) is 25.6 cm³/mol. The van der Waals surface area contributed by atoms with E-state index in [-0.39, 0.29) is 7.51 Å². The van der Waals surface area contributed by atoms with Gasteiger partial charge in [-0.3, -0.25) is 0 Å². The van der Waals surface area contributed by atoms with E-state index < -0.39 is 0 Å². The smallest absolute Gasteiger partial charge is 0.0564 e. The molecule has 0 saturated heterocycles. The van der Waals surface area contributed by atoms with Gasteiger partial charge in [0.25, 0.3) is 0 Å². The van der Waals surface area contributed by atoms with E-state index in [0.717, 1.165) is 0 Å². The molecule has 5 heteroatoms. The van der Waals surface area contributed by atoms with Crippen molar-refractivity contribution in [3.63, 3.8) is 0 Å². The molecule has 0 aliphatic rings. The van der Waals surface area contributed by atoms with Gasteiger partial charge >= 0.3 is 0 Å². The highest BCUT2D eigenvalue weighted by Gasteiger charge is 1.73. The quantitative estimate of drug-likeness (QED) is 0.480. The number of nitrogens with zero attached hydrogens (tertiary/aromatic N) is 1. The minimum absolute atomic E-state index is 0.0370. The Balaban J connectivity index is 2.64. The topological polar surface area (TPSA) is 36.5 Å². The van der Waals surface area contributed by atoms with Crippen molar-refractivity contribution in [3.8, 4) is 0 Å². The summed E-state index contributed by atoms with van der Waals surface area (Å²) in [5.41, 5.74) is 0. The predicted octanol–water partition coefficient (Wildman–Crippen LogP) is -0.220. The van der Waals surface area contributed by atoms with E-state index in [9.17, 15) is 0 Å². The van der Waals surface area contributed by atoms with E-state index in [1.165, 1.54) is 0 Å². The lowest BCUT2D eigenvalue weighted by molar-refractivity contribution is 1.26. The van der Waals surface area contributed by atoms with Crippen LogP contribution in [0.1, 0.15) is 0 Å². The Morgan fingerprint density at radius 1 is 1.60 bits per heavy atom. The van der Waals surface area contributed by atoms with Crippen LogP contribution in [0.2, 0.25) is 0 Å². The molecule has 5 heavy (non-hydrogen) atoms. The third kappa shape index (κ3) is 0.667. The largest absolute Gasteiger partial charge is 0.206 e. The Morgan fingerprint density at radius 2 is 2.20 bits per heavy atom. The summed E-state index contributed by atoms with van der Waals surface area (Å²) in [5.74, 6) is 0. The second-order valence-corrected chi connectivity index (χ2v) is 2.06. The fourth-order valence-electron chi connectivity index (χ4n) is 0.0816. The summed E-state index contributed by atoms with van der Waals surface area (Å²) >= 11 is 4.62. The highest BCUT2D eigenvalue weighted by Crippen LogP contribution is 1.90. The Hall–Kier alpha value is 0.0500. The normalized spacial score (nSPS) is 12.0. The van der Waals surface area contributed by atoms with Crippen molar-refractivity contribution in [2.24, 2.45) is 0 Å². The van der Waals surface area contributed by atoms with Crippen LogP contribution in [0.4, 0.5) is 0 Å². The lowest BCUT2D eigenvalue weighted by atomic mass is 13.2. The van der Waals surface area contributed by atoms with Crippen LogP contribution >= 0.6 is 7.51 Å². The molecule has 2 N–H and O–H groups in total. The summed E-state index contributed by atoms with van der Waals surface area (Å²) in [5, 5.41) is 5.40. The molecular formula is H4N3PS. The molecule has 1 atom stereocenters. The molecule has 0 radical (unpaired) electrons. The number of rotatable bonds is 1. The molecule has 1 heterocycles. The molecule has 1 aromatic rings. The zero-order valence-corrected chi connectivity index (χ0v) is 4.40. The Labute approximate surface area is 35.2 Å². The molecule has 3 nitrogen and oxygen atoms in total. The second kappa shape index (κ2) is 1.03. The number of aromatic amines is 2. The number of H-pyrrole nitrogens is 2. The molecule has 0 aliphatic heterocycles. The van der Waals surface area contributed by atoms with Crippen molar-refractivity contribution in [2.45, 2.75) is 0 Å². The van der Waals surface area contributed by atoms with Crippen LogP contribution in [0, 0.1) is 0 Å². The van der Waals surface area contributed by atoms with Gasteiger partial charge in [-0.2, -0.15) is 4.57 Å². The number of aromatic nitrogens is 3. The number of nitrogens with one attached hydrogen (secondary N) is 2. The van der Waals surface area contributed by atoms with Crippen molar-refractivity contribution in [1.82, 2.24) is 15.0 Å². The maximum atomic E-state index is 4.62. The van der Waals surface area contributed by atoms with Crippen molar-refractivity contribution in [2.75, 3.05) is 0 Å². The Morgan fingerprint density at radius 3 is 2.20 bits per heavy atom. The van der Waals surface area contributed by atoms with Crippen LogP contribution in [0.5, 0.6) is 0 Å². The van der Waals surface area contributed by atoms with E-state index in [1.54, 1.807) is 4.57 Å². The zero-order chi connectivity index (χ0) is 3.70. The third-order valence-corrected chi connectivity index (χ3v) is 1.45. The maximum absolute atomic E-state index is 4.62. The van der Waals surface area contributed by atoms with Crippen LogP contribution in [-0.4, -0.2) is 15.0 Å². The van der Waals surface area contributed by atoms with E-state index in [0.29, 0.717) is 0 Å². The molecule has 0 spiro atoms. The zero-order valence-electron chi connectivity index (χ0n) is 2.43. The fraction of sp³-hybridized carbons (Fsp3) is 0. The molecule has 0 fully saturated rings. The molecule has 0 amide bonds. The summed E-state index contributed by atoms with van der Waals surface area (Å²) in [4.78, 5) is 0. The van der Waals surface area contributed by atoms with Gasteiger partial charge in [-0.15, -0.1) is 0 Å². The SMILES string of the molecule is S=[PH2]n1[nH][nH]1. The summed E-state index contributed by atoms with van der Waals surface area (Å²) in [6.07, 6.45) is 0. The highest BCUT2D eigenvalue weighted by molar-refractivity contribution is 7.95. The van der Waals surface area contributed by atoms with Gasteiger partial charge in [-0.25, -0.2) is 10.4 Å². The van der Waals surface area contributed by atoms with Crippen LogP contribution < -0.4 is 0 Å². The van der Waals surface area contributed by atoms with Gasteiger partial charge in [0.05, 0.1) is 7.51 Å². The highest BCUT2D eigenvalue weighted by atomic mass is 32.4.